The summed E-state index contributed by atoms with van der Waals surface area (Å²) in [6.45, 7) is 4.22. The monoisotopic (exact) mass is 243 g/mol. The number of nitrogens with zero attached hydrogens (tertiary/aromatic N) is 1. The maximum atomic E-state index is 12.6. The summed E-state index contributed by atoms with van der Waals surface area (Å²) in [5.41, 5.74) is 0.981. The molecule has 0 aromatic heterocycles. The number of likely N-dealkylation sites (N-methyl/N-ethyl adjacent to an activating group) is 1. The molecular weight excluding hydrogens is 229 g/mol. The zero-order chi connectivity index (χ0) is 11.4. The molecule has 0 N–H and O–H groups in total. The van der Waals surface area contributed by atoms with Crippen LogP contribution in [0, 0.1) is 5.82 Å². The second-order valence-corrected chi connectivity index (χ2v) is 3.68. The molecule has 1 rings (SSSR count). The summed E-state index contributed by atoms with van der Waals surface area (Å²) in [5.74, 6) is -0.478. The number of halogens is 2. The van der Waals surface area contributed by atoms with E-state index < -0.39 is 0 Å². The summed E-state index contributed by atoms with van der Waals surface area (Å²) in [5, 5.41) is 0. The SMILES string of the molecule is C=C(CN(C)C)C(=O)c1ccc(F)cc1.Cl. The normalized spacial score (nSPS) is 9.75. The molecule has 0 amide bonds. The average Bonchev–Trinajstić information content (AvgIpc) is 2.17. The fourth-order valence-electron chi connectivity index (χ4n) is 1.26. The second kappa shape index (κ2) is 6.40. The minimum Gasteiger partial charge on any atom is -0.305 e. The van der Waals surface area contributed by atoms with Gasteiger partial charge in [-0.3, -0.25) is 4.79 Å². The maximum absolute atomic E-state index is 12.6. The summed E-state index contributed by atoms with van der Waals surface area (Å²) < 4.78 is 12.6. The number of hydrogen-bond acceptors (Lipinski definition) is 2. The number of rotatable bonds is 4. The van der Waals surface area contributed by atoms with Crippen molar-refractivity contribution in [3.8, 4) is 0 Å². The molecule has 0 spiro atoms. The predicted molar refractivity (Wildman–Crippen MR) is 65.7 cm³/mol. The van der Waals surface area contributed by atoms with Crippen molar-refractivity contribution in [1.29, 1.82) is 0 Å². The Morgan fingerprint density at radius 3 is 2.25 bits per heavy atom. The summed E-state index contributed by atoms with van der Waals surface area (Å²) in [4.78, 5) is 13.6. The van der Waals surface area contributed by atoms with Gasteiger partial charge in [0, 0.05) is 17.7 Å². The van der Waals surface area contributed by atoms with Crippen LogP contribution in [0.3, 0.4) is 0 Å². The Labute approximate surface area is 101 Å². The Balaban J connectivity index is 0.00000225. The Bertz CT molecular complexity index is 373. The van der Waals surface area contributed by atoms with Gasteiger partial charge in [0.2, 0.25) is 0 Å². The Morgan fingerprint density at radius 2 is 1.81 bits per heavy atom. The van der Waals surface area contributed by atoms with E-state index in [9.17, 15) is 9.18 Å². The molecule has 0 unspecified atom stereocenters. The van der Waals surface area contributed by atoms with E-state index in [1.54, 1.807) is 0 Å². The molecule has 0 bridgehead atoms. The van der Waals surface area contributed by atoms with Gasteiger partial charge in [-0.25, -0.2) is 4.39 Å². The first-order chi connectivity index (χ1) is 7.00. The molecule has 0 saturated carbocycles. The van der Waals surface area contributed by atoms with Crippen molar-refractivity contribution in [3.63, 3.8) is 0 Å². The van der Waals surface area contributed by atoms with Gasteiger partial charge in [-0.05, 0) is 38.4 Å². The van der Waals surface area contributed by atoms with Crippen LogP contribution < -0.4 is 0 Å². The van der Waals surface area contributed by atoms with Gasteiger partial charge in [0.15, 0.2) is 5.78 Å². The number of carbonyl (C=O) groups excluding carboxylic acids is 1. The van der Waals surface area contributed by atoms with Gasteiger partial charge in [-0.15, -0.1) is 12.4 Å². The molecule has 4 heteroatoms. The van der Waals surface area contributed by atoms with E-state index in [0.717, 1.165) is 0 Å². The molecule has 0 radical (unpaired) electrons. The van der Waals surface area contributed by atoms with E-state index in [0.29, 0.717) is 17.7 Å². The second-order valence-electron chi connectivity index (χ2n) is 3.68. The predicted octanol–water partition coefficient (Wildman–Crippen LogP) is 2.55. The summed E-state index contributed by atoms with van der Waals surface area (Å²) in [6, 6.07) is 5.49. The molecule has 16 heavy (non-hydrogen) atoms. The topological polar surface area (TPSA) is 20.3 Å². The van der Waals surface area contributed by atoms with E-state index in [1.165, 1.54) is 24.3 Å². The Kier molecular flexibility index (Phi) is 5.93. The molecule has 1 aromatic rings. The van der Waals surface area contributed by atoms with Gasteiger partial charge in [0.1, 0.15) is 5.82 Å². The van der Waals surface area contributed by atoms with Crippen LogP contribution in [0.1, 0.15) is 10.4 Å². The first-order valence-electron chi connectivity index (χ1n) is 4.63. The van der Waals surface area contributed by atoms with Gasteiger partial charge in [-0.1, -0.05) is 6.58 Å². The molecular formula is C12H15ClFNO. The third-order valence-corrected chi connectivity index (χ3v) is 1.93. The molecule has 88 valence electrons. The fourth-order valence-corrected chi connectivity index (χ4v) is 1.26. The van der Waals surface area contributed by atoms with Crippen LogP contribution in [0.4, 0.5) is 4.39 Å². The van der Waals surface area contributed by atoms with Crippen molar-refractivity contribution in [2.75, 3.05) is 20.6 Å². The van der Waals surface area contributed by atoms with Crippen LogP contribution in [0.15, 0.2) is 36.4 Å². The highest BCUT2D eigenvalue weighted by Gasteiger charge is 2.10. The summed E-state index contributed by atoms with van der Waals surface area (Å²) in [6.07, 6.45) is 0. The van der Waals surface area contributed by atoms with Crippen LogP contribution in [0.2, 0.25) is 0 Å². The molecule has 0 aliphatic rings. The number of ketones is 1. The van der Waals surface area contributed by atoms with E-state index in [-0.39, 0.29) is 24.0 Å². The third-order valence-electron chi connectivity index (χ3n) is 1.93. The van der Waals surface area contributed by atoms with Crippen molar-refractivity contribution >= 4 is 18.2 Å². The average molecular weight is 244 g/mol. The Morgan fingerprint density at radius 1 is 1.31 bits per heavy atom. The lowest BCUT2D eigenvalue weighted by Gasteiger charge is -2.11. The van der Waals surface area contributed by atoms with Gasteiger partial charge in [-0.2, -0.15) is 0 Å². The lowest BCUT2D eigenvalue weighted by Crippen LogP contribution is -2.19. The molecule has 0 saturated heterocycles. The fraction of sp³-hybridized carbons (Fsp3) is 0.250. The van der Waals surface area contributed by atoms with Crippen molar-refractivity contribution in [3.05, 3.63) is 47.8 Å². The van der Waals surface area contributed by atoms with E-state index >= 15 is 0 Å². The lowest BCUT2D eigenvalue weighted by atomic mass is 10.0. The zero-order valence-electron chi connectivity index (χ0n) is 9.37. The van der Waals surface area contributed by atoms with Gasteiger partial charge in [0.05, 0.1) is 0 Å². The van der Waals surface area contributed by atoms with Crippen LogP contribution in [0.25, 0.3) is 0 Å². The lowest BCUT2D eigenvalue weighted by molar-refractivity contribution is 0.102. The van der Waals surface area contributed by atoms with E-state index in [2.05, 4.69) is 6.58 Å². The molecule has 0 fully saturated rings. The molecule has 0 aliphatic heterocycles. The number of carbonyl (C=O) groups is 1. The van der Waals surface area contributed by atoms with Crippen LogP contribution in [0.5, 0.6) is 0 Å². The highest BCUT2D eigenvalue weighted by atomic mass is 35.5. The largest absolute Gasteiger partial charge is 0.305 e. The van der Waals surface area contributed by atoms with Crippen molar-refractivity contribution in [2.45, 2.75) is 0 Å². The number of benzene rings is 1. The number of Topliss-reactive ketones (excluding diaryl/α,β-unsaturated/α-hetero) is 1. The highest BCUT2D eigenvalue weighted by Crippen LogP contribution is 2.08. The van der Waals surface area contributed by atoms with Crippen molar-refractivity contribution in [2.24, 2.45) is 0 Å². The summed E-state index contributed by atoms with van der Waals surface area (Å²) in [7, 11) is 3.73. The van der Waals surface area contributed by atoms with Crippen LogP contribution in [-0.4, -0.2) is 31.3 Å². The first-order valence-corrected chi connectivity index (χ1v) is 4.63. The highest BCUT2D eigenvalue weighted by molar-refractivity contribution is 6.08. The zero-order valence-corrected chi connectivity index (χ0v) is 10.2. The third kappa shape index (κ3) is 4.13. The standard InChI is InChI=1S/C12H14FNO.ClH/c1-9(8-14(2)3)12(15)10-4-6-11(13)7-5-10;/h4-7H,1,8H2,2-3H3;1H. The van der Waals surface area contributed by atoms with Crippen LogP contribution >= 0.6 is 12.4 Å². The van der Waals surface area contributed by atoms with Gasteiger partial charge < -0.3 is 4.90 Å². The molecule has 1 aromatic carbocycles. The van der Waals surface area contributed by atoms with E-state index in [4.69, 9.17) is 0 Å². The van der Waals surface area contributed by atoms with Gasteiger partial charge >= 0.3 is 0 Å². The summed E-state index contributed by atoms with van der Waals surface area (Å²) >= 11 is 0. The molecule has 0 aliphatic carbocycles. The van der Waals surface area contributed by atoms with Crippen LogP contribution in [-0.2, 0) is 0 Å². The molecule has 0 atom stereocenters. The minimum atomic E-state index is -0.343. The number of hydrogen-bond donors (Lipinski definition) is 0. The van der Waals surface area contributed by atoms with E-state index in [1.807, 2.05) is 19.0 Å². The quantitative estimate of drug-likeness (QED) is 0.598. The smallest absolute Gasteiger partial charge is 0.189 e. The Hall–Kier alpha value is -1.19. The molecule has 0 heterocycles. The van der Waals surface area contributed by atoms with Gasteiger partial charge in [0.25, 0.3) is 0 Å². The maximum Gasteiger partial charge on any atom is 0.189 e. The minimum absolute atomic E-state index is 0. The van der Waals surface area contributed by atoms with Crippen molar-refractivity contribution in [1.82, 2.24) is 4.90 Å². The van der Waals surface area contributed by atoms with Crippen molar-refractivity contribution < 1.29 is 9.18 Å². The first kappa shape index (κ1) is 14.8. The molecule has 2 nitrogen and oxygen atoms in total.